The van der Waals surface area contributed by atoms with Gasteiger partial charge in [-0.15, -0.1) is 0 Å². The van der Waals surface area contributed by atoms with Crippen LogP contribution in [0.4, 0.5) is 5.69 Å². The molecule has 1 amide bonds. The molecule has 0 heterocycles. The zero-order valence-electron chi connectivity index (χ0n) is 11.9. The van der Waals surface area contributed by atoms with Crippen LogP contribution in [0.1, 0.15) is 15.9 Å². The highest BCUT2D eigenvalue weighted by molar-refractivity contribution is 9.10. The molecule has 0 unspecified atom stereocenters. The van der Waals surface area contributed by atoms with E-state index in [-0.39, 0.29) is 5.91 Å². The van der Waals surface area contributed by atoms with Crippen LogP contribution in [0.3, 0.4) is 0 Å². The van der Waals surface area contributed by atoms with Crippen LogP contribution in [0, 0.1) is 0 Å². The summed E-state index contributed by atoms with van der Waals surface area (Å²) in [5, 5.41) is 2.86. The number of hydrogen-bond acceptors (Lipinski definition) is 3. The van der Waals surface area contributed by atoms with Gasteiger partial charge in [0.05, 0.1) is 19.3 Å². The Morgan fingerprint density at radius 2 is 2.00 bits per heavy atom. The first-order chi connectivity index (χ1) is 10.1. The molecule has 2 rings (SSSR count). The predicted molar refractivity (Wildman–Crippen MR) is 85.8 cm³/mol. The van der Waals surface area contributed by atoms with E-state index in [4.69, 9.17) is 9.47 Å². The monoisotopic (exact) mass is 349 g/mol. The lowest BCUT2D eigenvalue weighted by atomic mass is 10.1. The Kier molecular flexibility index (Phi) is 5.36. The standard InChI is InChI=1S/C16H16BrNO3/c1-20-10-11-4-3-5-13(8-11)18-16(19)14-7-6-12(17)9-15(14)21-2/h3-9H,10H2,1-2H3,(H,18,19). The van der Waals surface area contributed by atoms with Gasteiger partial charge in [-0.3, -0.25) is 4.79 Å². The molecule has 0 spiro atoms. The number of amides is 1. The first-order valence-electron chi connectivity index (χ1n) is 6.37. The lowest BCUT2D eigenvalue weighted by molar-refractivity contribution is 0.102. The molecule has 21 heavy (non-hydrogen) atoms. The minimum absolute atomic E-state index is 0.214. The number of anilines is 1. The lowest BCUT2D eigenvalue weighted by Crippen LogP contribution is -2.13. The van der Waals surface area contributed by atoms with E-state index in [9.17, 15) is 4.79 Å². The fourth-order valence-electron chi connectivity index (χ4n) is 1.96. The quantitative estimate of drug-likeness (QED) is 0.891. The maximum atomic E-state index is 12.3. The van der Waals surface area contributed by atoms with Gasteiger partial charge >= 0.3 is 0 Å². The Bertz CT molecular complexity index is 643. The molecule has 0 atom stereocenters. The van der Waals surface area contributed by atoms with Gasteiger partial charge in [0.25, 0.3) is 5.91 Å². The largest absolute Gasteiger partial charge is 0.496 e. The van der Waals surface area contributed by atoms with E-state index < -0.39 is 0 Å². The second kappa shape index (κ2) is 7.24. The van der Waals surface area contributed by atoms with Crippen molar-refractivity contribution >= 4 is 27.5 Å². The van der Waals surface area contributed by atoms with Crippen LogP contribution in [-0.4, -0.2) is 20.1 Å². The van der Waals surface area contributed by atoms with Crippen molar-refractivity contribution in [3.63, 3.8) is 0 Å². The molecule has 2 aromatic carbocycles. The van der Waals surface area contributed by atoms with E-state index >= 15 is 0 Å². The van der Waals surface area contributed by atoms with E-state index in [1.54, 1.807) is 25.3 Å². The number of methoxy groups -OCH3 is 2. The summed E-state index contributed by atoms with van der Waals surface area (Å²) in [4.78, 5) is 12.3. The smallest absolute Gasteiger partial charge is 0.259 e. The molecule has 0 saturated heterocycles. The summed E-state index contributed by atoms with van der Waals surface area (Å²) >= 11 is 3.35. The Balaban J connectivity index is 2.20. The summed E-state index contributed by atoms with van der Waals surface area (Å²) in [5.74, 6) is 0.309. The molecule has 0 aromatic heterocycles. The van der Waals surface area contributed by atoms with Gasteiger partial charge in [0.1, 0.15) is 5.75 Å². The molecule has 0 aliphatic heterocycles. The molecule has 0 fully saturated rings. The number of carbonyl (C=O) groups excluding carboxylic acids is 1. The molecular weight excluding hydrogens is 334 g/mol. The average Bonchev–Trinajstić information content (AvgIpc) is 2.47. The van der Waals surface area contributed by atoms with Gasteiger partial charge < -0.3 is 14.8 Å². The number of halogens is 1. The van der Waals surface area contributed by atoms with Gasteiger partial charge in [-0.1, -0.05) is 28.1 Å². The minimum atomic E-state index is -0.214. The van der Waals surface area contributed by atoms with Gasteiger partial charge in [0.15, 0.2) is 0 Å². The van der Waals surface area contributed by atoms with Crippen LogP contribution in [0.2, 0.25) is 0 Å². The van der Waals surface area contributed by atoms with Crippen molar-refractivity contribution in [2.24, 2.45) is 0 Å². The Hall–Kier alpha value is -1.85. The molecule has 1 N–H and O–H groups in total. The fraction of sp³-hybridized carbons (Fsp3) is 0.188. The highest BCUT2D eigenvalue weighted by Crippen LogP contribution is 2.24. The van der Waals surface area contributed by atoms with Crippen molar-refractivity contribution in [3.8, 4) is 5.75 Å². The summed E-state index contributed by atoms with van der Waals surface area (Å²) in [6.45, 7) is 0.505. The number of nitrogens with one attached hydrogen (secondary N) is 1. The van der Waals surface area contributed by atoms with Crippen LogP contribution in [0.25, 0.3) is 0 Å². The van der Waals surface area contributed by atoms with Gasteiger partial charge in [0.2, 0.25) is 0 Å². The maximum absolute atomic E-state index is 12.3. The summed E-state index contributed by atoms with van der Waals surface area (Å²) in [7, 11) is 3.18. The lowest BCUT2D eigenvalue weighted by Gasteiger charge is -2.10. The van der Waals surface area contributed by atoms with Crippen LogP contribution in [0.5, 0.6) is 5.75 Å². The highest BCUT2D eigenvalue weighted by Gasteiger charge is 2.13. The number of hydrogen-bond donors (Lipinski definition) is 1. The molecule has 2 aromatic rings. The van der Waals surface area contributed by atoms with E-state index in [0.29, 0.717) is 17.9 Å². The summed E-state index contributed by atoms with van der Waals surface area (Å²) < 4.78 is 11.2. The Morgan fingerprint density at radius 1 is 1.19 bits per heavy atom. The van der Waals surface area contributed by atoms with Gasteiger partial charge in [-0.05, 0) is 35.9 Å². The van der Waals surface area contributed by atoms with E-state index in [0.717, 1.165) is 15.7 Å². The molecular formula is C16H16BrNO3. The van der Waals surface area contributed by atoms with E-state index in [1.807, 2.05) is 24.3 Å². The number of benzene rings is 2. The summed E-state index contributed by atoms with van der Waals surface area (Å²) in [6, 6.07) is 12.8. The third kappa shape index (κ3) is 4.06. The molecule has 0 aliphatic rings. The van der Waals surface area contributed by atoms with Gasteiger partial charge in [-0.2, -0.15) is 0 Å². The SMILES string of the molecule is COCc1cccc(NC(=O)c2ccc(Br)cc2OC)c1. The van der Waals surface area contributed by atoms with Crippen LogP contribution >= 0.6 is 15.9 Å². The first-order valence-corrected chi connectivity index (χ1v) is 7.16. The second-order valence-corrected chi connectivity index (χ2v) is 5.35. The topological polar surface area (TPSA) is 47.6 Å². The first kappa shape index (κ1) is 15.5. The highest BCUT2D eigenvalue weighted by atomic mass is 79.9. The van der Waals surface area contributed by atoms with Crippen LogP contribution in [-0.2, 0) is 11.3 Å². The molecule has 110 valence electrons. The zero-order chi connectivity index (χ0) is 15.2. The normalized spacial score (nSPS) is 10.2. The fourth-order valence-corrected chi connectivity index (χ4v) is 2.30. The van der Waals surface area contributed by atoms with Crippen LogP contribution < -0.4 is 10.1 Å². The van der Waals surface area contributed by atoms with Crippen LogP contribution in [0.15, 0.2) is 46.9 Å². The molecule has 4 nitrogen and oxygen atoms in total. The summed E-state index contributed by atoms with van der Waals surface area (Å²) in [6.07, 6.45) is 0. The van der Waals surface area contributed by atoms with Crippen molar-refractivity contribution in [1.82, 2.24) is 0 Å². The Morgan fingerprint density at radius 3 is 2.71 bits per heavy atom. The number of rotatable bonds is 5. The van der Waals surface area contributed by atoms with E-state index in [2.05, 4.69) is 21.2 Å². The van der Waals surface area contributed by atoms with Crippen molar-refractivity contribution in [2.75, 3.05) is 19.5 Å². The molecule has 0 radical (unpaired) electrons. The molecule has 0 bridgehead atoms. The van der Waals surface area contributed by atoms with Crippen molar-refractivity contribution in [2.45, 2.75) is 6.61 Å². The predicted octanol–water partition coefficient (Wildman–Crippen LogP) is 3.86. The van der Waals surface area contributed by atoms with Crippen molar-refractivity contribution in [1.29, 1.82) is 0 Å². The third-order valence-electron chi connectivity index (χ3n) is 2.90. The Labute approximate surface area is 132 Å². The van der Waals surface area contributed by atoms with Gasteiger partial charge in [0, 0.05) is 17.3 Å². The minimum Gasteiger partial charge on any atom is -0.496 e. The molecule has 0 aliphatic carbocycles. The molecule has 5 heteroatoms. The second-order valence-electron chi connectivity index (χ2n) is 4.43. The number of ether oxygens (including phenoxy) is 2. The van der Waals surface area contributed by atoms with Gasteiger partial charge in [-0.25, -0.2) is 0 Å². The summed E-state index contributed by atoms with van der Waals surface area (Å²) in [5.41, 5.74) is 2.20. The maximum Gasteiger partial charge on any atom is 0.259 e. The molecule has 0 saturated carbocycles. The zero-order valence-corrected chi connectivity index (χ0v) is 13.4. The third-order valence-corrected chi connectivity index (χ3v) is 3.40. The average molecular weight is 350 g/mol. The van der Waals surface area contributed by atoms with Crippen molar-refractivity contribution < 1.29 is 14.3 Å². The van der Waals surface area contributed by atoms with E-state index in [1.165, 1.54) is 7.11 Å². The van der Waals surface area contributed by atoms with Crippen molar-refractivity contribution in [3.05, 3.63) is 58.1 Å². The number of carbonyl (C=O) groups is 1.